The lowest BCUT2D eigenvalue weighted by molar-refractivity contribution is 1.29. The van der Waals surface area contributed by atoms with Gasteiger partial charge < -0.3 is 4.40 Å². The molecule has 0 radical (unpaired) electrons. The van der Waals surface area contributed by atoms with Crippen LogP contribution in [0.2, 0.25) is 0 Å². The van der Waals surface area contributed by atoms with Gasteiger partial charge in [-0.25, -0.2) is 0 Å². The van der Waals surface area contributed by atoms with Gasteiger partial charge in [0.15, 0.2) is 0 Å². The van der Waals surface area contributed by atoms with Crippen LogP contribution in [0.4, 0.5) is 0 Å². The van der Waals surface area contributed by atoms with Crippen molar-refractivity contribution in [3.63, 3.8) is 0 Å². The second-order valence-electron chi connectivity index (χ2n) is 7.55. The van der Waals surface area contributed by atoms with Crippen LogP contribution in [0, 0.1) is 20.8 Å². The third-order valence-corrected chi connectivity index (χ3v) is 5.73. The Hall–Kier alpha value is -3.13. The minimum Gasteiger partial charge on any atom is -0.308 e. The van der Waals surface area contributed by atoms with Crippen molar-refractivity contribution >= 4 is 49.0 Å². The molecule has 0 aliphatic heterocycles. The number of hydrogen-bond donors (Lipinski definition) is 0. The molecule has 0 unspecified atom stereocenters. The van der Waals surface area contributed by atoms with Crippen LogP contribution < -0.4 is 0 Å². The second kappa shape index (κ2) is 4.53. The van der Waals surface area contributed by atoms with Gasteiger partial charge in [0.1, 0.15) is 0 Å². The molecule has 6 aromatic rings. The Balaban J connectivity index is 2.13. The first-order valence-electron chi connectivity index (χ1n) is 9.08. The molecule has 3 aromatic carbocycles. The van der Waals surface area contributed by atoms with Gasteiger partial charge in [-0.3, -0.25) is 4.98 Å². The number of aryl methyl sites for hydroxylation is 3. The van der Waals surface area contributed by atoms with Crippen molar-refractivity contribution in [1.82, 2.24) is 9.38 Å². The Kier molecular flexibility index (Phi) is 2.45. The molecule has 0 atom stereocenters. The molecule has 0 saturated heterocycles. The second-order valence-corrected chi connectivity index (χ2v) is 7.55. The number of nitrogens with zero attached hydrogens (tertiary/aromatic N) is 2. The van der Waals surface area contributed by atoms with Crippen LogP contribution >= 0.6 is 0 Å². The van der Waals surface area contributed by atoms with E-state index < -0.39 is 0 Å². The maximum Gasteiger partial charge on any atom is 0.0822 e. The van der Waals surface area contributed by atoms with E-state index in [4.69, 9.17) is 4.98 Å². The molecule has 26 heavy (non-hydrogen) atoms. The highest BCUT2D eigenvalue weighted by Crippen LogP contribution is 2.41. The lowest BCUT2D eigenvalue weighted by atomic mass is 9.99. The first-order valence-corrected chi connectivity index (χ1v) is 9.08. The minimum absolute atomic E-state index is 1.11. The summed E-state index contributed by atoms with van der Waals surface area (Å²) in [5.74, 6) is 0. The van der Waals surface area contributed by atoms with Crippen LogP contribution in [0.1, 0.15) is 16.7 Å². The smallest absolute Gasteiger partial charge is 0.0822 e. The maximum atomic E-state index is 4.82. The van der Waals surface area contributed by atoms with Crippen LogP contribution in [-0.4, -0.2) is 9.38 Å². The van der Waals surface area contributed by atoms with Crippen LogP contribution in [0.3, 0.4) is 0 Å². The van der Waals surface area contributed by atoms with Crippen molar-refractivity contribution in [2.24, 2.45) is 0 Å². The fourth-order valence-corrected chi connectivity index (χ4v) is 4.76. The van der Waals surface area contributed by atoms with E-state index in [1.54, 1.807) is 0 Å². The van der Waals surface area contributed by atoms with Crippen LogP contribution in [-0.2, 0) is 0 Å². The van der Waals surface area contributed by atoms with E-state index in [1.807, 2.05) is 6.20 Å². The first-order chi connectivity index (χ1) is 12.6. The molecule has 3 heterocycles. The van der Waals surface area contributed by atoms with Gasteiger partial charge in [-0.05, 0) is 56.0 Å². The Bertz CT molecular complexity index is 1500. The third kappa shape index (κ3) is 1.55. The van der Waals surface area contributed by atoms with Gasteiger partial charge in [0, 0.05) is 27.7 Å². The highest BCUT2D eigenvalue weighted by molar-refractivity contribution is 6.27. The summed E-state index contributed by atoms with van der Waals surface area (Å²) in [6.45, 7) is 6.55. The topological polar surface area (TPSA) is 17.3 Å². The normalized spacial score (nSPS) is 12.4. The molecular weight excluding hydrogens is 316 g/mol. The molecule has 0 bridgehead atoms. The molecule has 0 N–H and O–H groups in total. The molecule has 0 saturated carbocycles. The molecule has 3 aromatic heterocycles. The van der Waals surface area contributed by atoms with E-state index in [2.05, 4.69) is 73.7 Å². The summed E-state index contributed by atoms with van der Waals surface area (Å²) >= 11 is 0. The van der Waals surface area contributed by atoms with Gasteiger partial charge in [0.2, 0.25) is 0 Å². The van der Waals surface area contributed by atoms with Gasteiger partial charge in [-0.15, -0.1) is 0 Å². The molecule has 6 rings (SSSR count). The van der Waals surface area contributed by atoms with Crippen molar-refractivity contribution in [3.8, 4) is 0 Å². The predicted molar refractivity (Wildman–Crippen MR) is 111 cm³/mol. The van der Waals surface area contributed by atoms with Gasteiger partial charge in [-0.1, -0.05) is 35.4 Å². The molecule has 0 spiro atoms. The Morgan fingerprint density at radius 1 is 0.731 bits per heavy atom. The fraction of sp³-hybridized carbons (Fsp3) is 0.125. The lowest BCUT2D eigenvalue weighted by Gasteiger charge is -2.14. The summed E-state index contributed by atoms with van der Waals surface area (Å²) < 4.78 is 2.46. The molecule has 0 aliphatic carbocycles. The SMILES string of the molecule is Cc1ccc2c(c1)c1ccc3ccnc4c5cc(C)cc(C)c5n2c1c34. The third-order valence-electron chi connectivity index (χ3n) is 5.73. The first kappa shape index (κ1) is 14.1. The van der Waals surface area contributed by atoms with Crippen molar-refractivity contribution in [2.45, 2.75) is 20.8 Å². The Morgan fingerprint density at radius 2 is 1.58 bits per heavy atom. The van der Waals surface area contributed by atoms with E-state index in [0.29, 0.717) is 0 Å². The molecule has 2 heteroatoms. The highest BCUT2D eigenvalue weighted by atomic mass is 14.9. The summed E-state index contributed by atoms with van der Waals surface area (Å²) in [4.78, 5) is 4.82. The number of hydrogen-bond acceptors (Lipinski definition) is 1. The monoisotopic (exact) mass is 334 g/mol. The molecular formula is C24H18N2. The van der Waals surface area contributed by atoms with E-state index >= 15 is 0 Å². The molecule has 0 amide bonds. The summed E-state index contributed by atoms with van der Waals surface area (Å²) in [5.41, 5.74) is 8.84. The molecule has 0 aliphatic rings. The highest BCUT2D eigenvalue weighted by Gasteiger charge is 2.19. The zero-order valence-corrected chi connectivity index (χ0v) is 15.1. The minimum atomic E-state index is 1.11. The Morgan fingerprint density at radius 3 is 2.46 bits per heavy atom. The fourth-order valence-electron chi connectivity index (χ4n) is 4.76. The van der Waals surface area contributed by atoms with Crippen LogP contribution in [0.5, 0.6) is 0 Å². The predicted octanol–water partition coefficient (Wildman–Crippen LogP) is 6.31. The number of pyridine rings is 2. The number of aromatic nitrogens is 2. The lowest BCUT2D eigenvalue weighted by Crippen LogP contribution is -1.96. The number of benzene rings is 3. The van der Waals surface area contributed by atoms with Gasteiger partial charge in [-0.2, -0.15) is 0 Å². The van der Waals surface area contributed by atoms with Crippen LogP contribution in [0.25, 0.3) is 49.0 Å². The quantitative estimate of drug-likeness (QED) is 0.235. The van der Waals surface area contributed by atoms with E-state index in [1.165, 1.54) is 60.2 Å². The number of rotatable bonds is 0. The van der Waals surface area contributed by atoms with Gasteiger partial charge in [0.05, 0.1) is 22.1 Å². The van der Waals surface area contributed by atoms with E-state index in [0.717, 1.165) is 5.52 Å². The zero-order chi connectivity index (χ0) is 17.6. The van der Waals surface area contributed by atoms with Gasteiger partial charge in [0.25, 0.3) is 0 Å². The van der Waals surface area contributed by atoms with Crippen molar-refractivity contribution in [1.29, 1.82) is 0 Å². The van der Waals surface area contributed by atoms with Crippen molar-refractivity contribution < 1.29 is 0 Å². The Labute approximate surface area is 151 Å². The average Bonchev–Trinajstić information content (AvgIpc) is 2.95. The van der Waals surface area contributed by atoms with Gasteiger partial charge >= 0.3 is 0 Å². The largest absolute Gasteiger partial charge is 0.308 e. The van der Waals surface area contributed by atoms with Crippen molar-refractivity contribution in [3.05, 3.63) is 71.4 Å². The van der Waals surface area contributed by atoms with E-state index in [-0.39, 0.29) is 0 Å². The molecule has 0 fully saturated rings. The summed E-state index contributed by atoms with van der Waals surface area (Å²) in [7, 11) is 0. The van der Waals surface area contributed by atoms with Crippen LogP contribution in [0.15, 0.2) is 54.7 Å². The summed E-state index contributed by atoms with van der Waals surface area (Å²) in [6.07, 6.45) is 1.94. The zero-order valence-electron chi connectivity index (χ0n) is 15.1. The number of fused-ring (bicyclic) bond motifs is 6. The summed E-state index contributed by atoms with van der Waals surface area (Å²) in [5, 5.41) is 6.41. The standard InChI is InChI=1S/C24H18N2/c1-13-4-7-20-18(11-13)17-6-5-16-8-9-25-22-19-12-14(2)10-15(3)23(19)26(20)24(17)21(16)22/h4-12H,1-3H3. The average molecular weight is 334 g/mol. The maximum absolute atomic E-state index is 4.82. The molecule has 2 nitrogen and oxygen atoms in total. The molecule has 124 valence electrons. The van der Waals surface area contributed by atoms with E-state index in [9.17, 15) is 0 Å². The van der Waals surface area contributed by atoms with Crippen molar-refractivity contribution in [2.75, 3.05) is 0 Å². The summed E-state index contributed by atoms with van der Waals surface area (Å²) in [6, 6.07) is 18.0.